The van der Waals surface area contributed by atoms with E-state index >= 15 is 0 Å². The summed E-state index contributed by atoms with van der Waals surface area (Å²) in [7, 11) is 4.05. The zero-order valence-electron chi connectivity index (χ0n) is 21.5. The molecule has 3 aromatic carbocycles. The molecule has 0 spiro atoms. The SMILES string of the molecule is C=C.CCc1cc(-c2ccc(Cl)cc2C(F)(F)F)ccc1C.Cc1c(CN(C)C)cccc1NC=O. The Hall–Kier alpha value is -3.09. The normalized spacial score (nSPS) is 10.6. The van der Waals surface area contributed by atoms with Crippen LogP contribution in [0.3, 0.4) is 0 Å². The van der Waals surface area contributed by atoms with E-state index in [1.165, 1.54) is 17.7 Å². The van der Waals surface area contributed by atoms with Gasteiger partial charge in [-0.2, -0.15) is 13.2 Å². The van der Waals surface area contributed by atoms with Crippen molar-refractivity contribution in [2.24, 2.45) is 0 Å². The van der Waals surface area contributed by atoms with Gasteiger partial charge in [-0.15, -0.1) is 13.2 Å². The molecule has 0 aliphatic rings. The molecule has 194 valence electrons. The molecule has 1 N–H and O–H groups in total. The first-order valence-corrected chi connectivity index (χ1v) is 11.8. The molecule has 0 radical (unpaired) electrons. The number of amides is 1. The first-order chi connectivity index (χ1) is 17.0. The summed E-state index contributed by atoms with van der Waals surface area (Å²) >= 11 is 5.69. The van der Waals surface area contributed by atoms with Gasteiger partial charge in [0.05, 0.1) is 5.56 Å². The molecule has 0 saturated heterocycles. The van der Waals surface area contributed by atoms with E-state index in [0.29, 0.717) is 12.0 Å². The van der Waals surface area contributed by atoms with E-state index in [4.69, 9.17) is 11.6 Å². The maximum Gasteiger partial charge on any atom is 0.417 e. The van der Waals surface area contributed by atoms with Crippen molar-refractivity contribution >= 4 is 23.7 Å². The van der Waals surface area contributed by atoms with Crippen molar-refractivity contribution in [2.45, 2.75) is 39.9 Å². The Kier molecular flexibility index (Phi) is 12.4. The first kappa shape index (κ1) is 30.9. The number of halogens is 4. The van der Waals surface area contributed by atoms with Crippen molar-refractivity contribution in [3.05, 3.63) is 101 Å². The van der Waals surface area contributed by atoms with Crippen molar-refractivity contribution in [1.29, 1.82) is 0 Å². The molecule has 0 aliphatic carbocycles. The van der Waals surface area contributed by atoms with Crippen molar-refractivity contribution in [2.75, 3.05) is 19.4 Å². The van der Waals surface area contributed by atoms with Gasteiger partial charge in [-0.25, -0.2) is 0 Å². The molecular weight excluding hydrogens is 485 g/mol. The molecule has 36 heavy (non-hydrogen) atoms. The zero-order chi connectivity index (χ0) is 27.5. The van der Waals surface area contributed by atoms with Crippen LogP contribution in [-0.2, 0) is 23.9 Å². The van der Waals surface area contributed by atoms with Gasteiger partial charge in [0.25, 0.3) is 0 Å². The molecular formula is C29H34ClF3N2O. The number of hydrogen-bond donors (Lipinski definition) is 1. The fourth-order valence-electron chi connectivity index (χ4n) is 3.64. The Balaban J connectivity index is 0.000000356. The van der Waals surface area contributed by atoms with Crippen LogP contribution < -0.4 is 5.32 Å². The molecule has 0 heterocycles. The predicted molar refractivity (Wildman–Crippen MR) is 146 cm³/mol. The average molecular weight is 519 g/mol. The first-order valence-electron chi connectivity index (χ1n) is 11.4. The summed E-state index contributed by atoms with van der Waals surface area (Å²) in [5.74, 6) is 0. The lowest BCUT2D eigenvalue weighted by Crippen LogP contribution is -2.12. The molecule has 3 aromatic rings. The highest BCUT2D eigenvalue weighted by Gasteiger charge is 2.34. The molecule has 7 heteroatoms. The van der Waals surface area contributed by atoms with Gasteiger partial charge in [0.2, 0.25) is 6.41 Å². The van der Waals surface area contributed by atoms with Gasteiger partial charge >= 0.3 is 6.18 Å². The highest BCUT2D eigenvalue weighted by molar-refractivity contribution is 6.30. The third kappa shape index (κ3) is 8.85. The lowest BCUT2D eigenvalue weighted by molar-refractivity contribution is -0.137. The highest BCUT2D eigenvalue weighted by Crippen LogP contribution is 2.39. The van der Waals surface area contributed by atoms with E-state index in [0.717, 1.165) is 41.4 Å². The summed E-state index contributed by atoms with van der Waals surface area (Å²) in [6.45, 7) is 12.8. The van der Waals surface area contributed by atoms with Crippen LogP contribution in [0.2, 0.25) is 5.02 Å². The van der Waals surface area contributed by atoms with E-state index in [1.54, 1.807) is 6.07 Å². The lowest BCUT2D eigenvalue weighted by Gasteiger charge is -2.15. The smallest absolute Gasteiger partial charge is 0.328 e. The number of nitrogens with one attached hydrogen (secondary N) is 1. The van der Waals surface area contributed by atoms with Gasteiger partial charge in [-0.3, -0.25) is 4.79 Å². The predicted octanol–water partition coefficient (Wildman–Crippen LogP) is 8.32. The summed E-state index contributed by atoms with van der Waals surface area (Å²) < 4.78 is 39.4. The summed E-state index contributed by atoms with van der Waals surface area (Å²) in [5.41, 5.74) is 5.42. The Morgan fingerprint density at radius 3 is 2.22 bits per heavy atom. The number of hydrogen-bond acceptors (Lipinski definition) is 2. The van der Waals surface area contributed by atoms with Crippen LogP contribution in [-0.4, -0.2) is 25.4 Å². The van der Waals surface area contributed by atoms with Gasteiger partial charge in [0.1, 0.15) is 0 Å². The summed E-state index contributed by atoms with van der Waals surface area (Å²) in [6.07, 6.45) is -2.92. The van der Waals surface area contributed by atoms with Gasteiger partial charge in [-0.05, 0) is 85.9 Å². The second-order valence-electron chi connectivity index (χ2n) is 8.27. The largest absolute Gasteiger partial charge is 0.417 e. The highest BCUT2D eigenvalue weighted by atomic mass is 35.5. The fraction of sp³-hybridized carbons (Fsp3) is 0.276. The Bertz CT molecular complexity index is 1140. The monoisotopic (exact) mass is 518 g/mol. The minimum absolute atomic E-state index is 0.0869. The van der Waals surface area contributed by atoms with E-state index in [2.05, 4.69) is 29.4 Å². The van der Waals surface area contributed by atoms with Crippen LogP contribution in [0.4, 0.5) is 18.9 Å². The summed E-state index contributed by atoms with van der Waals surface area (Å²) in [5, 5.41) is 2.78. The zero-order valence-corrected chi connectivity index (χ0v) is 22.2. The van der Waals surface area contributed by atoms with Crippen LogP contribution in [0.5, 0.6) is 0 Å². The van der Waals surface area contributed by atoms with Crippen molar-refractivity contribution in [3.63, 3.8) is 0 Å². The number of alkyl halides is 3. The second kappa shape index (κ2) is 14.5. The molecule has 1 amide bonds. The number of anilines is 1. The summed E-state index contributed by atoms with van der Waals surface area (Å²) in [6, 6.07) is 15.2. The topological polar surface area (TPSA) is 32.3 Å². The van der Waals surface area contributed by atoms with E-state index in [-0.39, 0.29) is 10.6 Å². The molecule has 0 bridgehead atoms. The van der Waals surface area contributed by atoms with Gasteiger partial charge in [-0.1, -0.05) is 54.9 Å². The quantitative estimate of drug-likeness (QED) is 0.263. The molecule has 0 aromatic heterocycles. The van der Waals surface area contributed by atoms with Crippen LogP contribution >= 0.6 is 11.6 Å². The minimum Gasteiger partial charge on any atom is -0.328 e. The molecule has 0 saturated carbocycles. The van der Waals surface area contributed by atoms with Crippen LogP contribution in [0.1, 0.15) is 34.7 Å². The van der Waals surface area contributed by atoms with Crippen molar-refractivity contribution in [1.82, 2.24) is 4.90 Å². The number of carbonyl (C=O) groups excluding carboxylic acids is 1. The Labute approximate surface area is 217 Å². The second-order valence-corrected chi connectivity index (χ2v) is 8.71. The fourth-order valence-corrected chi connectivity index (χ4v) is 3.81. The molecule has 0 aliphatic heterocycles. The van der Waals surface area contributed by atoms with Crippen LogP contribution in [0, 0.1) is 13.8 Å². The van der Waals surface area contributed by atoms with Crippen LogP contribution in [0.15, 0.2) is 67.8 Å². The molecule has 0 fully saturated rings. The molecule has 0 atom stereocenters. The third-order valence-electron chi connectivity index (χ3n) is 5.48. The third-order valence-corrected chi connectivity index (χ3v) is 5.71. The maximum absolute atomic E-state index is 13.1. The number of nitrogens with zero attached hydrogens (tertiary/aromatic N) is 1. The van der Waals surface area contributed by atoms with Gasteiger partial charge in [0.15, 0.2) is 0 Å². The molecule has 0 unspecified atom stereocenters. The van der Waals surface area contributed by atoms with E-state index in [9.17, 15) is 18.0 Å². The average Bonchev–Trinajstić information content (AvgIpc) is 2.83. The maximum atomic E-state index is 13.1. The van der Waals surface area contributed by atoms with Crippen molar-refractivity contribution in [3.8, 4) is 11.1 Å². The number of carbonyl (C=O) groups is 1. The molecule has 3 rings (SSSR count). The standard InChI is InChI=1S/C16H14ClF3.C11H16N2O.C2H4/c1-3-11-8-12(5-4-10(11)2)14-7-6-13(17)9-15(14)16(18,19)20;1-9-10(7-13(2)3)5-4-6-11(9)12-8-14;1-2/h4-9H,3H2,1-2H3;4-6,8H,7H2,1-3H3,(H,12,14);1-2H2. The number of aryl methyl sites for hydroxylation is 2. The van der Waals surface area contributed by atoms with Crippen LogP contribution in [0.25, 0.3) is 11.1 Å². The summed E-state index contributed by atoms with van der Waals surface area (Å²) in [4.78, 5) is 12.4. The van der Waals surface area contributed by atoms with Gasteiger partial charge < -0.3 is 10.2 Å². The lowest BCUT2D eigenvalue weighted by atomic mass is 9.95. The Morgan fingerprint density at radius 2 is 1.67 bits per heavy atom. The van der Waals surface area contributed by atoms with E-state index < -0.39 is 11.7 Å². The van der Waals surface area contributed by atoms with Gasteiger partial charge in [0, 0.05) is 17.3 Å². The number of rotatable bonds is 6. The van der Waals surface area contributed by atoms with E-state index in [1.807, 2.05) is 59.1 Å². The molecule has 3 nitrogen and oxygen atoms in total. The minimum atomic E-state index is -4.42. The number of benzene rings is 3. The van der Waals surface area contributed by atoms with Crippen molar-refractivity contribution < 1.29 is 18.0 Å². The Morgan fingerprint density at radius 1 is 1.00 bits per heavy atom.